The van der Waals surface area contributed by atoms with E-state index in [2.05, 4.69) is 20.0 Å². The number of rotatable bonds is 2. The van der Waals surface area contributed by atoms with Crippen molar-refractivity contribution in [2.75, 3.05) is 28.2 Å². The molecule has 0 unspecified atom stereocenters. The standard InChI is InChI=1S/2C6H12N2.Ni/c2*1-5(7-3)6(2)8-4;/h2*1-4H3;. The quantitative estimate of drug-likeness (QED) is 0.551. The predicted octanol–water partition coefficient (Wildman–Crippen LogP) is 2.33. The average Bonchev–Trinajstić information content (AvgIpc) is 2.35. The third-order valence-corrected chi connectivity index (χ3v) is 2.39. The number of nitrogens with zero attached hydrogens (tertiary/aromatic N) is 4. The van der Waals surface area contributed by atoms with Gasteiger partial charge in [0.15, 0.2) is 0 Å². The second-order valence-electron chi connectivity index (χ2n) is 3.24. The Balaban J connectivity index is -0.000000218. The van der Waals surface area contributed by atoms with Gasteiger partial charge in [-0.05, 0) is 27.7 Å². The monoisotopic (exact) mass is 282 g/mol. The van der Waals surface area contributed by atoms with Gasteiger partial charge in [0.2, 0.25) is 0 Å². The largest absolute Gasteiger partial charge is 0.292 e. The van der Waals surface area contributed by atoms with E-state index in [9.17, 15) is 0 Å². The molecule has 0 aliphatic rings. The molecule has 0 aliphatic carbocycles. The summed E-state index contributed by atoms with van der Waals surface area (Å²) in [4.78, 5) is 15.8. The van der Waals surface area contributed by atoms with Gasteiger partial charge in [-0.3, -0.25) is 20.0 Å². The molecule has 0 fully saturated rings. The van der Waals surface area contributed by atoms with Gasteiger partial charge in [-0.15, -0.1) is 0 Å². The zero-order valence-corrected chi connectivity index (χ0v) is 13.1. The normalized spacial score (nSPS) is 13.6. The van der Waals surface area contributed by atoms with E-state index < -0.39 is 0 Å². The van der Waals surface area contributed by atoms with Gasteiger partial charge in [0.25, 0.3) is 0 Å². The van der Waals surface area contributed by atoms with Crippen molar-refractivity contribution in [2.45, 2.75) is 27.7 Å². The van der Waals surface area contributed by atoms with Crippen molar-refractivity contribution in [3.63, 3.8) is 0 Å². The van der Waals surface area contributed by atoms with E-state index in [1.165, 1.54) is 0 Å². The Morgan fingerprint density at radius 2 is 0.588 bits per heavy atom. The minimum Gasteiger partial charge on any atom is -0.292 e. The molecule has 0 N–H and O–H groups in total. The van der Waals surface area contributed by atoms with Crippen LogP contribution in [-0.2, 0) is 16.5 Å². The Bertz CT molecular complexity index is 250. The van der Waals surface area contributed by atoms with E-state index in [1.807, 2.05) is 27.7 Å². The van der Waals surface area contributed by atoms with Gasteiger partial charge in [0.1, 0.15) is 0 Å². The molecule has 0 aromatic rings. The summed E-state index contributed by atoms with van der Waals surface area (Å²) in [5.41, 5.74) is 4.03. The van der Waals surface area contributed by atoms with E-state index in [0.717, 1.165) is 22.8 Å². The SMILES string of the molecule is CN=C(C)C(C)=NC.CN=C(C)C(C)=NC.[Ni]. The molecule has 0 rings (SSSR count). The Labute approximate surface area is 115 Å². The van der Waals surface area contributed by atoms with Crippen LogP contribution in [0.2, 0.25) is 0 Å². The summed E-state index contributed by atoms with van der Waals surface area (Å²) in [5.74, 6) is 0. The molecule has 0 aromatic carbocycles. The van der Waals surface area contributed by atoms with Gasteiger partial charge in [-0.2, -0.15) is 0 Å². The molecule has 0 amide bonds. The minimum absolute atomic E-state index is 0. The van der Waals surface area contributed by atoms with Gasteiger partial charge in [-0.25, -0.2) is 0 Å². The van der Waals surface area contributed by atoms with Crippen LogP contribution in [0.25, 0.3) is 0 Å². The van der Waals surface area contributed by atoms with Gasteiger partial charge < -0.3 is 0 Å². The molecule has 0 saturated heterocycles. The number of aliphatic imine (C=N–C) groups is 4. The zero-order valence-electron chi connectivity index (χ0n) is 12.1. The summed E-state index contributed by atoms with van der Waals surface area (Å²) in [6, 6.07) is 0. The molecule has 0 saturated carbocycles. The van der Waals surface area contributed by atoms with Crippen LogP contribution in [0.5, 0.6) is 0 Å². The Hall–Kier alpha value is -0.826. The zero-order chi connectivity index (χ0) is 13.1. The molecule has 102 valence electrons. The molecular weight excluding hydrogens is 259 g/mol. The first kappa shape index (κ1) is 21.5. The first-order valence-electron chi connectivity index (χ1n) is 5.18. The van der Waals surface area contributed by atoms with Crippen molar-refractivity contribution < 1.29 is 16.5 Å². The van der Waals surface area contributed by atoms with E-state index >= 15 is 0 Å². The van der Waals surface area contributed by atoms with E-state index in [1.54, 1.807) is 28.2 Å². The number of hydrogen-bond acceptors (Lipinski definition) is 4. The van der Waals surface area contributed by atoms with Crippen molar-refractivity contribution in [2.24, 2.45) is 20.0 Å². The maximum atomic E-state index is 3.95. The maximum absolute atomic E-state index is 3.95. The van der Waals surface area contributed by atoms with Gasteiger partial charge in [-0.1, -0.05) is 0 Å². The van der Waals surface area contributed by atoms with E-state index in [0.29, 0.717) is 0 Å². The first-order chi connectivity index (χ1) is 7.44. The summed E-state index contributed by atoms with van der Waals surface area (Å²) in [5, 5.41) is 0. The summed E-state index contributed by atoms with van der Waals surface area (Å²) in [6.07, 6.45) is 0. The molecule has 0 aliphatic heterocycles. The summed E-state index contributed by atoms with van der Waals surface area (Å²) >= 11 is 0. The molecule has 17 heavy (non-hydrogen) atoms. The summed E-state index contributed by atoms with van der Waals surface area (Å²) < 4.78 is 0. The third-order valence-electron chi connectivity index (χ3n) is 2.39. The van der Waals surface area contributed by atoms with Crippen molar-refractivity contribution in [3.8, 4) is 0 Å². The third kappa shape index (κ3) is 11.4. The van der Waals surface area contributed by atoms with Crippen LogP contribution >= 0.6 is 0 Å². The topological polar surface area (TPSA) is 49.4 Å². The molecule has 0 radical (unpaired) electrons. The van der Waals surface area contributed by atoms with Gasteiger partial charge in [0, 0.05) is 44.7 Å². The van der Waals surface area contributed by atoms with Crippen LogP contribution < -0.4 is 0 Å². The van der Waals surface area contributed by atoms with Crippen LogP contribution in [0.1, 0.15) is 27.7 Å². The fourth-order valence-corrected chi connectivity index (χ4v) is 0.647. The number of hydrogen-bond donors (Lipinski definition) is 0. The van der Waals surface area contributed by atoms with Gasteiger partial charge >= 0.3 is 0 Å². The van der Waals surface area contributed by atoms with Crippen LogP contribution in [0, 0.1) is 0 Å². The predicted molar refractivity (Wildman–Crippen MR) is 76.1 cm³/mol. The van der Waals surface area contributed by atoms with Crippen molar-refractivity contribution in [3.05, 3.63) is 0 Å². The molecule has 0 aromatic heterocycles. The molecule has 0 atom stereocenters. The fraction of sp³-hybridized carbons (Fsp3) is 0.667. The second-order valence-corrected chi connectivity index (χ2v) is 3.24. The Morgan fingerprint density at radius 3 is 0.647 bits per heavy atom. The minimum atomic E-state index is 0. The average molecular weight is 283 g/mol. The summed E-state index contributed by atoms with van der Waals surface area (Å²) in [6.45, 7) is 7.79. The molecule has 5 heteroatoms. The van der Waals surface area contributed by atoms with E-state index in [-0.39, 0.29) is 16.5 Å². The van der Waals surface area contributed by atoms with Crippen LogP contribution in [-0.4, -0.2) is 51.0 Å². The second kappa shape index (κ2) is 13.2. The maximum Gasteiger partial charge on any atom is 0.0520 e. The molecule has 0 heterocycles. The fourth-order valence-electron chi connectivity index (χ4n) is 0.647. The molecule has 4 nitrogen and oxygen atoms in total. The van der Waals surface area contributed by atoms with Crippen molar-refractivity contribution >= 4 is 22.8 Å². The van der Waals surface area contributed by atoms with Crippen molar-refractivity contribution in [1.82, 2.24) is 0 Å². The van der Waals surface area contributed by atoms with Crippen LogP contribution in [0.3, 0.4) is 0 Å². The molecule has 0 bridgehead atoms. The van der Waals surface area contributed by atoms with Crippen LogP contribution in [0.4, 0.5) is 0 Å². The van der Waals surface area contributed by atoms with E-state index in [4.69, 9.17) is 0 Å². The van der Waals surface area contributed by atoms with Gasteiger partial charge in [0.05, 0.1) is 22.8 Å². The Kier molecular flexibility index (Phi) is 16.7. The first-order valence-corrected chi connectivity index (χ1v) is 5.18. The molecular formula is C12H24N4Ni. The smallest absolute Gasteiger partial charge is 0.0520 e. The Morgan fingerprint density at radius 1 is 0.471 bits per heavy atom. The summed E-state index contributed by atoms with van der Waals surface area (Å²) in [7, 11) is 7.07. The molecule has 0 spiro atoms. The van der Waals surface area contributed by atoms with Crippen LogP contribution in [0.15, 0.2) is 20.0 Å². The van der Waals surface area contributed by atoms with Crippen molar-refractivity contribution in [1.29, 1.82) is 0 Å².